The molecule has 1 aliphatic carbocycles. The molecule has 1 saturated carbocycles. The number of hydrogen-bond acceptors (Lipinski definition) is 3. The Balaban J connectivity index is 1.85. The second-order valence-corrected chi connectivity index (χ2v) is 8.05. The summed E-state index contributed by atoms with van der Waals surface area (Å²) < 4.78 is 49.3. The second kappa shape index (κ2) is 7.42. The highest BCUT2D eigenvalue weighted by molar-refractivity contribution is 7.85. The average molecular weight is 326 g/mol. The molecule has 1 saturated heterocycles. The summed E-state index contributed by atoms with van der Waals surface area (Å²) in [6, 6.07) is 0.308. The summed E-state index contributed by atoms with van der Waals surface area (Å²) in [4.78, 5) is 1.46. The number of rotatable bonds is 5. The van der Waals surface area contributed by atoms with Gasteiger partial charge in [-0.3, -0.25) is 9.11 Å². The van der Waals surface area contributed by atoms with Gasteiger partial charge in [-0.2, -0.15) is 13.2 Å². The normalized spacial score (nSPS) is 33.2. The smallest absolute Gasteiger partial charge is 0.309 e. The first kappa shape index (κ1) is 17.2. The maximum Gasteiger partial charge on any atom is 0.401 e. The van der Waals surface area contributed by atoms with Crippen LogP contribution < -0.4 is 5.32 Å². The molecule has 3 nitrogen and oxygen atoms in total. The predicted molar refractivity (Wildman–Crippen MR) is 78.8 cm³/mol. The van der Waals surface area contributed by atoms with Gasteiger partial charge in [0, 0.05) is 41.7 Å². The van der Waals surface area contributed by atoms with Crippen LogP contribution in [0.25, 0.3) is 0 Å². The fourth-order valence-corrected chi connectivity index (χ4v) is 4.92. The fourth-order valence-electron chi connectivity index (χ4n) is 3.48. The van der Waals surface area contributed by atoms with Gasteiger partial charge in [-0.25, -0.2) is 0 Å². The molecule has 0 radical (unpaired) electrons. The van der Waals surface area contributed by atoms with Gasteiger partial charge in [0.05, 0.1) is 11.8 Å². The molecule has 0 bridgehead atoms. The zero-order chi connectivity index (χ0) is 15.5. The molecule has 2 fully saturated rings. The molecule has 2 aliphatic rings. The van der Waals surface area contributed by atoms with E-state index in [1.54, 1.807) is 0 Å². The van der Waals surface area contributed by atoms with E-state index >= 15 is 0 Å². The summed E-state index contributed by atoms with van der Waals surface area (Å²) in [5.41, 5.74) is 0. The third kappa shape index (κ3) is 5.21. The molecule has 0 aromatic rings. The van der Waals surface area contributed by atoms with E-state index in [9.17, 15) is 17.4 Å². The summed E-state index contributed by atoms with van der Waals surface area (Å²) in [6.45, 7) is 2.05. The molecule has 2 rings (SSSR count). The molecule has 0 aromatic carbocycles. The van der Waals surface area contributed by atoms with Crippen molar-refractivity contribution in [1.82, 2.24) is 10.2 Å². The maximum absolute atomic E-state index is 12.4. The van der Waals surface area contributed by atoms with E-state index in [0.717, 1.165) is 32.1 Å². The molecule has 21 heavy (non-hydrogen) atoms. The van der Waals surface area contributed by atoms with Gasteiger partial charge in [0.1, 0.15) is 0 Å². The quantitative estimate of drug-likeness (QED) is 0.841. The Hall–Kier alpha value is -0.140. The number of nitrogens with one attached hydrogen (secondary N) is 1. The third-order valence-corrected chi connectivity index (χ3v) is 6.26. The van der Waals surface area contributed by atoms with E-state index in [-0.39, 0.29) is 17.3 Å². The van der Waals surface area contributed by atoms with Crippen LogP contribution in [0.1, 0.15) is 39.0 Å². The van der Waals surface area contributed by atoms with Crippen molar-refractivity contribution >= 4 is 10.8 Å². The summed E-state index contributed by atoms with van der Waals surface area (Å²) >= 11 is 0. The summed E-state index contributed by atoms with van der Waals surface area (Å²) in [7, 11) is -0.824. The average Bonchev–Trinajstić information content (AvgIpc) is 2.83. The number of alkyl halides is 3. The maximum atomic E-state index is 12.4. The molecular weight excluding hydrogens is 301 g/mol. The Kier molecular flexibility index (Phi) is 6.08. The molecular formula is C14H25F3N2OS. The van der Waals surface area contributed by atoms with Crippen LogP contribution in [-0.4, -0.2) is 58.0 Å². The first-order valence-electron chi connectivity index (χ1n) is 7.81. The van der Waals surface area contributed by atoms with Gasteiger partial charge in [-0.15, -0.1) is 0 Å². The molecule has 1 N–H and O–H groups in total. The van der Waals surface area contributed by atoms with Crippen molar-refractivity contribution in [3.8, 4) is 0 Å². The molecule has 0 unspecified atom stereocenters. The monoisotopic (exact) mass is 326 g/mol. The van der Waals surface area contributed by atoms with E-state index < -0.39 is 23.5 Å². The molecule has 0 spiro atoms. The lowest BCUT2D eigenvalue weighted by Crippen LogP contribution is -2.50. The van der Waals surface area contributed by atoms with Crippen molar-refractivity contribution in [2.75, 3.05) is 25.4 Å². The van der Waals surface area contributed by atoms with Gasteiger partial charge >= 0.3 is 6.18 Å². The van der Waals surface area contributed by atoms with Gasteiger partial charge in [0.25, 0.3) is 0 Å². The van der Waals surface area contributed by atoms with E-state index in [1.807, 2.05) is 6.92 Å². The minimum absolute atomic E-state index is 0.104. The van der Waals surface area contributed by atoms with Crippen molar-refractivity contribution in [1.29, 1.82) is 0 Å². The highest BCUT2D eigenvalue weighted by Crippen LogP contribution is 2.25. The minimum atomic E-state index is -4.12. The van der Waals surface area contributed by atoms with Crippen LogP contribution in [0.2, 0.25) is 0 Å². The van der Waals surface area contributed by atoms with Crippen LogP contribution in [0, 0.1) is 0 Å². The molecule has 124 valence electrons. The minimum Gasteiger partial charge on any atom is -0.309 e. The second-order valence-electron chi connectivity index (χ2n) is 6.10. The first-order chi connectivity index (χ1) is 9.89. The standard InChI is InChI=1S/C14H25F3N2OS/c1-2-21(20)13-6-4-3-5-12(13)18-11-7-8-19(9-11)10-14(15,16)17/h11-13,18H,2-10H2,1H3/t11-,12-,13+,21-/m0/s1. The van der Waals surface area contributed by atoms with Crippen LogP contribution in [0.5, 0.6) is 0 Å². The number of halogens is 3. The lowest BCUT2D eigenvalue weighted by molar-refractivity contribution is -0.143. The van der Waals surface area contributed by atoms with E-state index in [2.05, 4.69) is 5.32 Å². The predicted octanol–water partition coefficient (Wildman–Crippen LogP) is 2.29. The Morgan fingerprint density at radius 3 is 2.62 bits per heavy atom. The van der Waals surface area contributed by atoms with Gasteiger partial charge in [-0.05, 0) is 19.3 Å². The molecule has 1 aliphatic heterocycles. The van der Waals surface area contributed by atoms with Crippen molar-refractivity contribution in [2.24, 2.45) is 0 Å². The van der Waals surface area contributed by atoms with Crippen molar-refractivity contribution in [3.63, 3.8) is 0 Å². The molecule has 0 aromatic heterocycles. The van der Waals surface area contributed by atoms with Crippen LogP contribution in [0.15, 0.2) is 0 Å². The van der Waals surface area contributed by atoms with Crippen LogP contribution >= 0.6 is 0 Å². The Morgan fingerprint density at radius 1 is 1.24 bits per heavy atom. The van der Waals surface area contributed by atoms with Crippen LogP contribution in [0.4, 0.5) is 13.2 Å². The summed E-state index contributed by atoms with van der Waals surface area (Å²) in [5.74, 6) is 0.660. The fraction of sp³-hybridized carbons (Fsp3) is 1.00. The summed E-state index contributed by atoms with van der Waals surface area (Å²) in [6.07, 6.45) is 0.820. The van der Waals surface area contributed by atoms with Gasteiger partial charge in [-0.1, -0.05) is 19.8 Å². The van der Waals surface area contributed by atoms with Gasteiger partial charge < -0.3 is 5.32 Å². The highest BCUT2D eigenvalue weighted by Gasteiger charge is 2.36. The van der Waals surface area contributed by atoms with Crippen molar-refractivity contribution < 1.29 is 17.4 Å². The Labute approximate surface area is 127 Å². The summed E-state index contributed by atoms with van der Waals surface area (Å²) in [5, 5.41) is 3.66. The third-order valence-electron chi connectivity index (χ3n) is 4.45. The number of likely N-dealkylation sites (tertiary alicyclic amines) is 1. The van der Waals surface area contributed by atoms with E-state index in [4.69, 9.17) is 0 Å². The topological polar surface area (TPSA) is 32.3 Å². The SMILES string of the molecule is CC[S@](=O)[C@@H]1CCCC[C@@H]1N[C@H]1CCN(CC(F)(F)F)C1. The number of nitrogens with zero attached hydrogens (tertiary/aromatic N) is 1. The molecule has 4 atom stereocenters. The Bertz CT molecular complexity index is 365. The van der Waals surface area contributed by atoms with Crippen molar-refractivity contribution in [3.05, 3.63) is 0 Å². The number of hydrogen-bond donors (Lipinski definition) is 1. The first-order valence-corrected chi connectivity index (χ1v) is 9.19. The molecule has 7 heteroatoms. The lowest BCUT2D eigenvalue weighted by Gasteiger charge is -2.33. The van der Waals surface area contributed by atoms with Crippen LogP contribution in [0.3, 0.4) is 0 Å². The van der Waals surface area contributed by atoms with Gasteiger partial charge in [0.2, 0.25) is 0 Å². The van der Waals surface area contributed by atoms with E-state index in [1.165, 1.54) is 4.90 Å². The van der Waals surface area contributed by atoms with Crippen LogP contribution in [-0.2, 0) is 10.8 Å². The highest BCUT2D eigenvalue weighted by atomic mass is 32.2. The lowest BCUT2D eigenvalue weighted by atomic mass is 9.94. The molecule has 1 heterocycles. The van der Waals surface area contributed by atoms with E-state index in [0.29, 0.717) is 18.8 Å². The van der Waals surface area contributed by atoms with Crippen molar-refractivity contribution in [2.45, 2.75) is 62.5 Å². The zero-order valence-corrected chi connectivity index (χ0v) is 13.3. The molecule has 0 amide bonds. The largest absolute Gasteiger partial charge is 0.401 e. The Morgan fingerprint density at radius 2 is 1.95 bits per heavy atom. The van der Waals surface area contributed by atoms with Gasteiger partial charge in [0.15, 0.2) is 0 Å². The zero-order valence-electron chi connectivity index (χ0n) is 12.5.